The second-order valence-corrected chi connectivity index (χ2v) is 2.18. The predicted molar refractivity (Wildman–Crippen MR) is 37.6 cm³/mol. The second-order valence-electron chi connectivity index (χ2n) is 2.18. The maximum Gasteiger partial charge on any atom is 2.00 e. The van der Waals surface area contributed by atoms with Gasteiger partial charge in [-0.05, 0) is 13.8 Å². The molecule has 58 valence electrons. The Kier molecular flexibility index (Phi) is 7.34. The van der Waals surface area contributed by atoms with Gasteiger partial charge in [0, 0.05) is 6.04 Å². The van der Waals surface area contributed by atoms with Crippen molar-refractivity contribution in [1.29, 1.82) is 0 Å². The van der Waals surface area contributed by atoms with Crippen molar-refractivity contribution in [3.63, 3.8) is 0 Å². The van der Waals surface area contributed by atoms with Crippen LogP contribution in [0.25, 0.3) is 0 Å². The summed E-state index contributed by atoms with van der Waals surface area (Å²) in [6.45, 7) is 11.2. The molecule has 0 N–H and O–H groups in total. The summed E-state index contributed by atoms with van der Waals surface area (Å²) < 4.78 is 0. The van der Waals surface area contributed by atoms with Gasteiger partial charge in [0.25, 0.3) is 0 Å². The van der Waals surface area contributed by atoms with E-state index in [1.165, 1.54) is 0 Å². The largest absolute Gasteiger partial charge is 2.00 e. The van der Waals surface area contributed by atoms with Gasteiger partial charge in [0.05, 0.1) is 5.91 Å². The summed E-state index contributed by atoms with van der Waals surface area (Å²) in [5.41, 5.74) is 0. The molecule has 1 amide bonds. The van der Waals surface area contributed by atoms with Crippen molar-refractivity contribution in [3.8, 4) is 0 Å². The third-order valence-electron chi connectivity index (χ3n) is 1.18. The molecule has 10 heavy (non-hydrogen) atoms. The van der Waals surface area contributed by atoms with E-state index in [9.17, 15) is 4.79 Å². The van der Waals surface area contributed by atoms with Crippen molar-refractivity contribution in [2.24, 2.45) is 0 Å². The minimum atomic E-state index is -0.153. The fourth-order valence-corrected chi connectivity index (χ4v) is 0.671. The van der Waals surface area contributed by atoms with E-state index in [0.717, 1.165) is 0 Å². The van der Waals surface area contributed by atoms with Crippen LogP contribution in [0.15, 0.2) is 0 Å². The Morgan fingerprint density at radius 2 is 2.00 bits per heavy atom. The van der Waals surface area contributed by atoms with Gasteiger partial charge in [-0.3, -0.25) is 0 Å². The van der Waals surface area contributed by atoms with Crippen molar-refractivity contribution in [2.75, 3.05) is 6.54 Å². The quantitative estimate of drug-likeness (QED) is 0.694. The first-order valence-corrected chi connectivity index (χ1v) is 3.01. The number of hydrogen-bond donors (Lipinski definition) is 0. The topological polar surface area (TPSA) is 20.3 Å². The van der Waals surface area contributed by atoms with Gasteiger partial charge >= 0.3 is 21.1 Å². The normalized spacial score (nSPS) is 8.80. The number of amides is 1. The van der Waals surface area contributed by atoms with Crippen LogP contribution in [0.2, 0.25) is 0 Å². The number of hydrogen-bond acceptors (Lipinski definition) is 1. The van der Waals surface area contributed by atoms with E-state index in [1.54, 1.807) is 4.90 Å². The van der Waals surface area contributed by atoms with Crippen LogP contribution in [0.3, 0.4) is 0 Å². The first-order chi connectivity index (χ1) is 4.09. The maximum absolute atomic E-state index is 10.6. The smallest absolute Gasteiger partial charge is 0.395 e. The Hall–Kier alpha value is 0.0283. The zero-order valence-electron chi connectivity index (χ0n) is 6.46. The van der Waals surface area contributed by atoms with E-state index in [1.807, 2.05) is 13.8 Å². The zero-order valence-corrected chi connectivity index (χ0v) is 9.40. The van der Waals surface area contributed by atoms with Crippen LogP contribution in [0.4, 0.5) is 0 Å². The summed E-state index contributed by atoms with van der Waals surface area (Å²) in [5.74, 6) is -0.153. The van der Waals surface area contributed by atoms with Crippen LogP contribution in [-0.2, 0) is 25.9 Å². The van der Waals surface area contributed by atoms with E-state index < -0.39 is 0 Å². The zero-order chi connectivity index (χ0) is 7.44. The summed E-state index contributed by atoms with van der Waals surface area (Å²) in [6.07, 6.45) is 0. The third kappa shape index (κ3) is 3.94. The van der Waals surface area contributed by atoms with E-state index in [-0.39, 0.29) is 33.0 Å². The van der Waals surface area contributed by atoms with E-state index in [0.29, 0.717) is 6.54 Å². The molecule has 0 aliphatic rings. The minimum absolute atomic E-state index is 0. The Morgan fingerprint density at radius 3 is 2.00 bits per heavy atom. The molecule has 0 aromatic heterocycles. The maximum atomic E-state index is 10.6. The van der Waals surface area contributed by atoms with Gasteiger partial charge in [0.15, 0.2) is 0 Å². The molecule has 0 aliphatic carbocycles. The molecule has 0 aromatic carbocycles. The molecule has 0 aromatic rings. The summed E-state index contributed by atoms with van der Waals surface area (Å²) >= 11 is 0. The molecule has 0 radical (unpaired) electrons. The van der Waals surface area contributed by atoms with Gasteiger partial charge in [-0.2, -0.15) is 0 Å². The van der Waals surface area contributed by atoms with Crippen LogP contribution < -0.4 is 0 Å². The summed E-state index contributed by atoms with van der Waals surface area (Å²) in [6, 6.07) is 0.215. The van der Waals surface area contributed by atoms with Crippen molar-refractivity contribution < 1.29 is 25.9 Å². The van der Waals surface area contributed by atoms with Gasteiger partial charge in [-0.15, -0.1) is 6.54 Å². The summed E-state index contributed by atoms with van der Waals surface area (Å²) in [5, 5.41) is 0. The Labute approximate surface area is 77.2 Å². The molecule has 0 saturated carbocycles. The molecule has 0 atom stereocenters. The average Bonchev–Trinajstić information content (AvgIpc) is 1.64. The molecule has 0 bridgehead atoms. The number of rotatable bonds is 2. The van der Waals surface area contributed by atoms with Crippen LogP contribution >= 0.6 is 0 Å². The molecule has 0 rings (SSSR count). The Balaban J connectivity index is 0. The molecule has 0 saturated heterocycles. The van der Waals surface area contributed by atoms with Crippen molar-refractivity contribution in [3.05, 3.63) is 13.8 Å². The van der Waals surface area contributed by atoms with E-state index in [4.69, 9.17) is 0 Å². The fourth-order valence-electron chi connectivity index (χ4n) is 0.671. The van der Waals surface area contributed by atoms with Crippen molar-refractivity contribution in [2.45, 2.75) is 19.9 Å². The molecule has 3 heteroatoms. The number of nitrogens with zero attached hydrogens (tertiary/aromatic N) is 1. The van der Waals surface area contributed by atoms with Gasteiger partial charge in [0.2, 0.25) is 0 Å². The molecule has 2 nitrogen and oxygen atoms in total. The van der Waals surface area contributed by atoms with Crippen LogP contribution in [0.1, 0.15) is 13.8 Å². The second kappa shape index (κ2) is 5.79. The van der Waals surface area contributed by atoms with Crippen LogP contribution in [0.5, 0.6) is 0 Å². The average molecular weight is 311 g/mol. The molecular weight excluding hydrogens is 298 g/mol. The number of carbonyl (C=O) groups excluding carboxylic acids is 1. The molecule has 0 fully saturated rings. The van der Waals surface area contributed by atoms with Gasteiger partial charge in [-0.25, -0.2) is 0 Å². The number of carbonyl (C=O) groups is 1. The Bertz CT molecular complexity index is 104. The summed E-state index contributed by atoms with van der Waals surface area (Å²) in [4.78, 5) is 12.2. The summed E-state index contributed by atoms with van der Waals surface area (Å²) in [7, 11) is 0. The van der Waals surface area contributed by atoms with Crippen LogP contribution in [0, 0.1) is 13.8 Å². The first-order valence-electron chi connectivity index (χ1n) is 3.01. The molecule has 0 unspecified atom stereocenters. The van der Waals surface area contributed by atoms with Gasteiger partial charge < -0.3 is 23.5 Å². The van der Waals surface area contributed by atoms with Crippen molar-refractivity contribution in [1.82, 2.24) is 4.90 Å². The first kappa shape index (κ1) is 12.7. The molecule has 0 heterocycles. The van der Waals surface area contributed by atoms with E-state index in [2.05, 4.69) is 13.8 Å². The monoisotopic (exact) mass is 311 g/mol. The minimum Gasteiger partial charge on any atom is -0.395 e. The van der Waals surface area contributed by atoms with Crippen molar-refractivity contribution >= 4 is 5.91 Å². The molecular formula is C7H13NOW. The van der Waals surface area contributed by atoms with Gasteiger partial charge in [-0.1, -0.05) is 0 Å². The van der Waals surface area contributed by atoms with Gasteiger partial charge in [0.1, 0.15) is 0 Å². The molecule has 0 aliphatic heterocycles. The molecule has 0 spiro atoms. The fraction of sp³-hybridized carbons (Fsp3) is 0.571. The Morgan fingerprint density at radius 1 is 1.60 bits per heavy atom. The predicted octanol–water partition coefficient (Wildman–Crippen LogP) is 0.889. The third-order valence-corrected chi connectivity index (χ3v) is 1.18. The van der Waals surface area contributed by atoms with Crippen LogP contribution in [-0.4, -0.2) is 23.4 Å². The standard InChI is InChI=1S/C7H13NO.W/c1-5-8(6(2)3)7(4)9;/h6H,1,4-5H2,2-3H3;/q-2;+2. The SMILES string of the molecule is [CH2-]CN(C([CH2-])=O)C(C)C.[W+2]. The van der Waals surface area contributed by atoms with E-state index >= 15 is 0 Å².